The Labute approximate surface area is 137 Å². The van der Waals surface area contributed by atoms with Crippen LogP contribution in [-0.4, -0.2) is 45.4 Å². The lowest BCUT2D eigenvalue weighted by atomic mass is 9.97. The van der Waals surface area contributed by atoms with E-state index < -0.39 is 10.0 Å². The van der Waals surface area contributed by atoms with Gasteiger partial charge in [-0.1, -0.05) is 6.07 Å². The number of aryl methyl sites for hydroxylation is 1. The van der Waals surface area contributed by atoms with E-state index in [9.17, 15) is 13.2 Å². The van der Waals surface area contributed by atoms with Crippen LogP contribution in [-0.2, 0) is 14.8 Å². The number of nitrogens with one attached hydrogen (secondary N) is 1. The van der Waals surface area contributed by atoms with E-state index >= 15 is 0 Å². The predicted octanol–water partition coefficient (Wildman–Crippen LogP) is 1.54. The molecule has 1 aliphatic heterocycles. The number of sulfonamides is 1. The van der Waals surface area contributed by atoms with Crippen molar-refractivity contribution in [3.8, 4) is 5.75 Å². The normalized spacial score (nSPS) is 17.0. The van der Waals surface area contributed by atoms with E-state index in [0.29, 0.717) is 38.2 Å². The number of methoxy groups -OCH3 is 1. The molecule has 1 heterocycles. The molecule has 23 heavy (non-hydrogen) atoms. The molecule has 7 heteroatoms. The van der Waals surface area contributed by atoms with Crippen LogP contribution in [0.25, 0.3) is 0 Å². The lowest BCUT2D eigenvalue weighted by Crippen LogP contribution is -2.43. The van der Waals surface area contributed by atoms with Crippen molar-refractivity contribution in [2.24, 2.45) is 5.92 Å². The topological polar surface area (TPSA) is 75.7 Å². The fourth-order valence-corrected chi connectivity index (χ4v) is 4.51. The lowest BCUT2D eigenvalue weighted by molar-refractivity contribution is -0.126. The molecule has 0 bridgehead atoms. The molecule has 1 aromatic carbocycles. The maximum Gasteiger partial charge on any atom is 0.246 e. The molecule has 0 spiro atoms. The molecule has 1 N–H and O–H groups in total. The summed E-state index contributed by atoms with van der Waals surface area (Å²) in [4.78, 5) is 12.1. The Morgan fingerprint density at radius 1 is 1.35 bits per heavy atom. The first-order chi connectivity index (χ1) is 10.9. The number of nitrogens with zero attached hydrogens (tertiary/aromatic N) is 1. The fourth-order valence-electron chi connectivity index (χ4n) is 2.80. The van der Waals surface area contributed by atoms with Gasteiger partial charge in [0.2, 0.25) is 15.9 Å². The summed E-state index contributed by atoms with van der Waals surface area (Å²) in [5.74, 6) is 0.250. The van der Waals surface area contributed by atoms with Gasteiger partial charge in [-0.3, -0.25) is 4.79 Å². The number of carbonyl (C=O) groups excluding carboxylic acids is 1. The standard InChI is InChI=1S/C16H24N2O4S/c1-4-17-16(19)13-7-9-18(10-8-13)23(20,21)15-11-12(2)5-6-14(15)22-3/h5-6,11,13H,4,7-10H2,1-3H3,(H,17,19). The van der Waals surface area contributed by atoms with Crippen LogP contribution < -0.4 is 10.1 Å². The van der Waals surface area contributed by atoms with E-state index in [4.69, 9.17) is 4.74 Å². The fraction of sp³-hybridized carbons (Fsp3) is 0.562. The number of ether oxygens (including phenoxy) is 1. The third-order valence-electron chi connectivity index (χ3n) is 4.11. The van der Waals surface area contributed by atoms with E-state index in [1.807, 2.05) is 19.9 Å². The van der Waals surface area contributed by atoms with Crippen LogP contribution in [0, 0.1) is 12.8 Å². The zero-order valence-electron chi connectivity index (χ0n) is 13.8. The molecule has 0 aliphatic carbocycles. The first-order valence-electron chi connectivity index (χ1n) is 7.82. The summed E-state index contributed by atoms with van der Waals surface area (Å²) >= 11 is 0. The van der Waals surface area contributed by atoms with Gasteiger partial charge in [0.15, 0.2) is 0 Å². The minimum Gasteiger partial charge on any atom is -0.495 e. The summed E-state index contributed by atoms with van der Waals surface area (Å²) in [7, 11) is -2.15. The molecular formula is C16H24N2O4S. The molecule has 0 aromatic heterocycles. The maximum atomic E-state index is 12.9. The van der Waals surface area contributed by atoms with E-state index in [1.54, 1.807) is 12.1 Å². The van der Waals surface area contributed by atoms with Crippen molar-refractivity contribution in [1.82, 2.24) is 9.62 Å². The molecule has 1 aliphatic rings. The smallest absolute Gasteiger partial charge is 0.246 e. The molecule has 1 aromatic rings. The molecule has 1 fully saturated rings. The third-order valence-corrected chi connectivity index (χ3v) is 6.03. The Morgan fingerprint density at radius 2 is 2.00 bits per heavy atom. The number of rotatable bonds is 5. The number of piperidine rings is 1. The Hall–Kier alpha value is -1.60. The second-order valence-corrected chi connectivity index (χ2v) is 7.63. The van der Waals surface area contributed by atoms with Crippen LogP contribution in [0.5, 0.6) is 5.75 Å². The Kier molecular flexibility index (Phi) is 5.64. The van der Waals surface area contributed by atoms with Crippen LogP contribution in [0.4, 0.5) is 0 Å². The SMILES string of the molecule is CCNC(=O)C1CCN(S(=O)(=O)c2cc(C)ccc2OC)CC1. The summed E-state index contributed by atoms with van der Waals surface area (Å²) in [6.45, 7) is 5.02. The molecular weight excluding hydrogens is 316 g/mol. The second kappa shape index (κ2) is 7.31. The van der Waals surface area contributed by atoms with Crippen LogP contribution in [0.2, 0.25) is 0 Å². The number of hydrogen-bond acceptors (Lipinski definition) is 4. The van der Waals surface area contributed by atoms with Crippen molar-refractivity contribution in [1.29, 1.82) is 0 Å². The van der Waals surface area contributed by atoms with Gasteiger partial charge < -0.3 is 10.1 Å². The largest absolute Gasteiger partial charge is 0.495 e. The van der Waals surface area contributed by atoms with Gasteiger partial charge in [0, 0.05) is 25.6 Å². The highest BCUT2D eigenvalue weighted by atomic mass is 32.2. The number of benzene rings is 1. The van der Waals surface area contributed by atoms with E-state index in [2.05, 4.69) is 5.32 Å². The van der Waals surface area contributed by atoms with Crippen LogP contribution in [0.15, 0.2) is 23.1 Å². The van der Waals surface area contributed by atoms with Gasteiger partial charge in [0.05, 0.1) is 7.11 Å². The Balaban J connectivity index is 2.16. The summed E-state index contributed by atoms with van der Waals surface area (Å²) in [5.41, 5.74) is 0.863. The molecule has 1 saturated heterocycles. The van der Waals surface area contributed by atoms with Crippen molar-refractivity contribution in [3.63, 3.8) is 0 Å². The monoisotopic (exact) mass is 340 g/mol. The molecule has 0 saturated carbocycles. The van der Waals surface area contributed by atoms with Gasteiger partial charge >= 0.3 is 0 Å². The first-order valence-corrected chi connectivity index (χ1v) is 9.26. The van der Waals surface area contributed by atoms with Gasteiger partial charge in [-0.2, -0.15) is 4.31 Å². The van der Waals surface area contributed by atoms with Gasteiger partial charge in [-0.05, 0) is 44.4 Å². The van der Waals surface area contributed by atoms with Crippen LogP contribution in [0.1, 0.15) is 25.3 Å². The molecule has 1 amide bonds. The Bertz CT molecular complexity index is 665. The van der Waals surface area contributed by atoms with Crippen LogP contribution in [0.3, 0.4) is 0 Å². The summed E-state index contributed by atoms with van der Waals surface area (Å²) in [6, 6.07) is 5.12. The van der Waals surface area contributed by atoms with Crippen molar-refractivity contribution in [3.05, 3.63) is 23.8 Å². The first kappa shape index (κ1) is 17.7. The maximum absolute atomic E-state index is 12.9. The molecule has 2 rings (SSSR count). The summed E-state index contributed by atoms with van der Waals surface area (Å²) < 4.78 is 32.4. The second-order valence-electron chi connectivity index (χ2n) is 5.73. The van der Waals surface area contributed by atoms with Crippen molar-refractivity contribution < 1.29 is 17.9 Å². The number of carbonyl (C=O) groups is 1. The van der Waals surface area contributed by atoms with Crippen molar-refractivity contribution in [2.75, 3.05) is 26.7 Å². The number of amides is 1. The lowest BCUT2D eigenvalue weighted by Gasteiger charge is -2.30. The zero-order chi connectivity index (χ0) is 17.0. The van der Waals surface area contributed by atoms with Crippen molar-refractivity contribution in [2.45, 2.75) is 31.6 Å². The minimum atomic E-state index is -3.61. The van der Waals surface area contributed by atoms with Crippen LogP contribution >= 0.6 is 0 Å². The average molecular weight is 340 g/mol. The molecule has 0 radical (unpaired) electrons. The minimum absolute atomic E-state index is 0.0117. The highest BCUT2D eigenvalue weighted by Gasteiger charge is 2.33. The predicted molar refractivity (Wildman–Crippen MR) is 87.9 cm³/mol. The summed E-state index contributed by atoms with van der Waals surface area (Å²) in [6.07, 6.45) is 1.08. The highest BCUT2D eigenvalue weighted by molar-refractivity contribution is 7.89. The highest BCUT2D eigenvalue weighted by Crippen LogP contribution is 2.30. The summed E-state index contributed by atoms with van der Waals surface area (Å²) in [5, 5.41) is 2.80. The van der Waals surface area contributed by atoms with E-state index in [0.717, 1.165) is 5.56 Å². The quantitative estimate of drug-likeness (QED) is 0.882. The van der Waals surface area contributed by atoms with Gasteiger partial charge in [0.1, 0.15) is 10.6 Å². The molecule has 0 unspecified atom stereocenters. The zero-order valence-corrected chi connectivity index (χ0v) is 14.6. The molecule has 0 atom stereocenters. The van der Waals surface area contributed by atoms with E-state index in [-0.39, 0.29) is 16.7 Å². The van der Waals surface area contributed by atoms with Gasteiger partial charge in [-0.15, -0.1) is 0 Å². The van der Waals surface area contributed by atoms with Gasteiger partial charge in [0.25, 0.3) is 0 Å². The molecule has 6 nitrogen and oxygen atoms in total. The number of hydrogen-bond donors (Lipinski definition) is 1. The van der Waals surface area contributed by atoms with Crippen molar-refractivity contribution >= 4 is 15.9 Å². The van der Waals surface area contributed by atoms with Gasteiger partial charge in [-0.25, -0.2) is 8.42 Å². The average Bonchev–Trinajstić information content (AvgIpc) is 2.55. The molecule has 128 valence electrons. The Morgan fingerprint density at radius 3 is 2.57 bits per heavy atom. The van der Waals surface area contributed by atoms with E-state index in [1.165, 1.54) is 11.4 Å². The third kappa shape index (κ3) is 3.84.